The number of hydrogen-bond acceptors (Lipinski definition) is 5. The molecule has 5 heteroatoms. The summed E-state index contributed by atoms with van der Waals surface area (Å²) >= 11 is 1.37. The van der Waals surface area contributed by atoms with Crippen LogP contribution in [0.15, 0.2) is 0 Å². The Morgan fingerprint density at radius 2 is 2.38 bits per heavy atom. The van der Waals surface area contributed by atoms with Gasteiger partial charge in [0, 0.05) is 24.5 Å². The predicted octanol–water partition coefficient (Wildman–Crippen LogP) is 1.02. The number of Topliss-reactive ketones (excluding diaryl/α,β-unsaturated/α-hetero) is 1. The molecule has 0 saturated carbocycles. The molecule has 70 valence electrons. The van der Waals surface area contributed by atoms with Crippen LogP contribution in [-0.4, -0.2) is 28.2 Å². The molecule has 0 unspecified atom stereocenters. The lowest BCUT2D eigenvalue weighted by Crippen LogP contribution is -2.35. The SMILES string of the molecule is Cc1nsc(N2CCCC(=O)C2)n1. The maximum Gasteiger partial charge on any atom is 0.205 e. The van der Waals surface area contributed by atoms with Gasteiger partial charge in [0.25, 0.3) is 0 Å². The Balaban J connectivity index is 2.12. The van der Waals surface area contributed by atoms with Gasteiger partial charge in [0.05, 0.1) is 6.54 Å². The van der Waals surface area contributed by atoms with Crippen LogP contribution in [0.2, 0.25) is 0 Å². The Kier molecular flexibility index (Phi) is 2.26. The summed E-state index contributed by atoms with van der Waals surface area (Å²) in [5, 5.41) is 0.880. The van der Waals surface area contributed by atoms with E-state index in [2.05, 4.69) is 9.36 Å². The van der Waals surface area contributed by atoms with Gasteiger partial charge >= 0.3 is 0 Å². The number of nitrogens with zero attached hydrogens (tertiary/aromatic N) is 3. The van der Waals surface area contributed by atoms with E-state index in [4.69, 9.17) is 0 Å². The molecule has 4 nitrogen and oxygen atoms in total. The molecule has 0 aromatic carbocycles. The molecule has 0 aliphatic carbocycles. The number of hydrogen-bond donors (Lipinski definition) is 0. The quantitative estimate of drug-likeness (QED) is 0.674. The highest BCUT2D eigenvalue weighted by Crippen LogP contribution is 2.19. The van der Waals surface area contributed by atoms with Crippen LogP contribution in [0.25, 0.3) is 0 Å². The smallest absolute Gasteiger partial charge is 0.205 e. The molecule has 13 heavy (non-hydrogen) atoms. The van der Waals surface area contributed by atoms with Crippen LogP contribution >= 0.6 is 11.5 Å². The van der Waals surface area contributed by atoms with Gasteiger partial charge in [0.15, 0.2) is 5.78 Å². The summed E-state index contributed by atoms with van der Waals surface area (Å²) in [6, 6.07) is 0. The first-order chi connectivity index (χ1) is 6.25. The molecule has 2 rings (SSSR count). The number of rotatable bonds is 1. The van der Waals surface area contributed by atoms with Crippen molar-refractivity contribution in [2.45, 2.75) is 19.8 Å². The minimum atomic E-state index is 0.305. The van der Waals surface area contributed by atoms with Crippen molar-refractivity contribution in [2.24, 2.45) is 0 Å². The van der Waals surface area contributed by atoms with E-state index in [0.717, 1.165) is 23.9 Å². The van der Waals surface area contributed by atoms with Crippen molar-refractivity contribution in [3.05, 3.63) is 5.82 Å². The highest BCUT2D eigenvalue weighted by molar-refractivity contribution is 7.09. The van der Waals surface area contributed by atoms with Gasteiger partial charge in [-0.2, -0.15) is 4.37 Å². The van der Waals surface area contributed by atoms with Crippen LogP contribution in [-0.2, 0) is 4.79 Å². The summed E-state index contributed by atoms with van der Waals surface area (Å²) in [6.07, 6.45) is 1.66. The summed E-state index contributed by atoms with van der Waals surface area (Å²) in [5.74, 6) is 1.09. The van der Waals surface area contributed by atoms with Gasteiger partial charge in [-0.1, -0.05) is 0 Å². The van der Waals surface area contributed by atoms with E-state index in [-0.39, 0.29) is 0 Å². The molecule has 1 aliphatic heterocycles. The van der Waals surface area contributed by atoms with E-state index in [9.17, 15) is 4.79 Å². The zero-order chi connectivity index (χ0) is 9.26. The lowest BCUT2D eigenvalue weighted by molar-refractivity contribution is -0.118. The van der Waals surface area contributed by atoms with E-state index in [1.807, 2.05) is 11.8 Å². The van der Waals surface area contributed by atoms with Crippen LogP contribution in [0.1, 0.15) is 18.7 Å². The van der Waals surface area contributed by atoms with E-state index in [1.165, 1.54) is 11.5 Å². The molecular weight excluding hydrogens is 186 g/mol. The van der Waals surface area contributed by atoms with Crippen LogP contribution in [0, 0.1) is 6.92 Å². The average Bonchev–Trinajstić information content (AvgIpc) is 2.52. The number of piperidine rings is 1. The molecule has 1 aromatic heterocycles. The summed E-state index contributed by atoms with van der Waals surface area (Å²) in [6.45, 7) is 3.31. The van der Waals surface area contributed by atoms with E-state index >= 15 is 0 Å². The van der Waals surface area contributed by atoms with Crippen molar-refractivity contribution < 1.29 is 4.79 Å². The van der Waals surface area contributed by atoms with Gasteiger partial charge < -0.3 is 4.90 Å². The molecule has 0 N–H and O–H groups in total. The van der Waals surface area contributed by atoms with Gasteiger partial charge in [0.1, 0.15) is 5.82 Å². The summed E-state index contributed by atoms with van der Waals surface area (Å²) in [5.41, 5.74) is 0. The van der Waals surface area contributed by atoms with Crippen molar-refractivity contribution in [3.63, 3.8) is 0 Å². The Labute approximate surface area is 80.8 Å². The topological polar surface area (TPSA) is 46.1 Å². The second-order valence-corrected chi connectivity index (χ2v) is 3.92. The third-order valence-corrected chi connectivity index (χ3v) is 2.91. The number of anilines is 1. The molecule has 0 amide bonds. The normalized spacial score (nSPS) is 17.9. The fraction of sp³-hybridized carbons (Fsp3) is 0.625. The fourth-order valence-electron chi connectivity index (χ4n) is 1.42. The Hall–Kier alpha value is -0.970. The summed E-state index contributed by atoms with van der Waals surface area (Å²) in [4.78, 5) is 17.4. The van der Waals surface area contributed by atoms with Gasteiger partial charge in [-0.3, -0.25) is 4.79 Å². The van der Waals surface area contributed by atoms with Crippen molar-refractivity contribution in [1.82, 2.24) is 9.36 Å². The molecular formula is C8H11N3OS. The first-order valence-electron chi connectivity index (χ1n) is 4.32. The van der Waals surface area contributed by atoms with Crippen LogP contribution in [0.5, 0.6) is 0 Å². The van der Waals surface area contributed by atoms with Crippen LogP contribution in [0.3, 0.4) is 0 Å². The Morgan fingerprint density at radius 1 is 1.54 bits per heavy atom. The molecule has 0 radical (unpaired) electrons. The average molecular weight is 197 g/mol. The summed E-state index contributed by atoms with van der Waals surface area (Å²) < 4.78 is 4.09. The van der Waals surface area contributed by atoms with Gasteiger partial charge in [-0.25, -0.2) is 4.98 Å². The molecule has 1 saturated heterocycles. The molecule has 0 bridgehead atoms. The number of ketones is 1. The Bertz CT molecular complexity index is 323. The van der Waals surface area contributed by atoms with E-state index < -0.39 is 0 Å². The molecule has 0 atom stereocenters. The second-order valence-electron chi connectivity index (χ2n) is 3.19. The first kappa shape index (κ1) is 8.62. The second kappa shape index (κ2) is 3.41. The Morgan fingerprint density at radius 3 is 3.00 bits per heavy atom. The van der Waals surface area contributed by atoms with E-state index in [0.29, 0.717) is 18.7 Å². The molecule has 1 aliphatic rings. The predicted molar refractivity (Wildman–Crippen MR) is 51.1 cm³/mol. The number of carbonyl (C=O) groups excluding carboxylic acids is 1. The molecule has 2 heterocycles. The standard InChI is InChI=1S/C8H11N3OS/c1-6-9-8(13-10-6)11-4-2-3-7(12)5-11/h2-5H2,1H3. The first-order valence-corrected chi connectivity index (χ1v) is 5.10. The lowest BCUT2D eigenvalue weighted by Gasteiger charge is -2.24. The van der Waals surface area contributed by atoms with Gasteiger partial charge in [-0.05, 0) is 13.3 Å². The minimum absolute atomic E-state index is 0.305. The lowest BCUT2D eigenvalue weighted by atomic mass is 10.1. The van der Waals surface area contributed by atoms with Crippen LogP contribution in [0.4, 0.5) is 5.13 Å². The zero-order valence-corrected chi connectivity index (χ0v) is 8.30. The maximum absolute atomic E-state index is 11.2. The van der Waals surface area contributed by atoms with Gasteiger partial charge in [-0.15, -0.1) is 0 Å². The summed E-state index contributed by atoms with van der Waals surface area (Å²) in [7, 11) is 0. The monoisotopic (exact) mass is 197 g/mol. The maximum atomic E-state index is 11.2. The third kappa shape index (κ3) is 1.85. The number of carbonyl (C=O) groups is 1. The van der Waals surface area contributed by atoms with E-state index in [1.54, 1.807) is 0 Å². The molecule has 1 fully saturated rings. The molecule has 1 aromatic rings. The molecule has 0 spiro atoms. The highest BCUT2D eigenvalue weighted by atomic mass is 32.1. The van der Waals surface area contributed by atoms with Crippen LogP contribution < -0.4 is 4.90 Å². The van der Waals surface area contributed by atoms with Crippen molar-refractivity contribution in [2.75, 3.05) is 18.0 Å². The van der Waals surface area contributed by atoms with Crippen molar-refractivity contribution in [3.8, 4) is 0 Å². The number of aryl methyl sites for hydroxylation is 1. The zero-order valence-electron chi connectivity index (χ0n) is 7.49. The minimum Gasteiger partial charge on any atom is -0.340 e. The van der Waals surface area contributed by atoms with Crippen molar-refractivity contribution >= 4 is 22.4 Å². The fourth-order valence-corrected chi connectivity index (χ4v) is 2.11. The van der Waals surface area contributed by atoms with Gasteiger partial charge in [0.2, 0.25) is 5.13 Å². The number of aromatic nitrogens is 2. The van der Waals surface area contributed by atoms with Crippen molar-refractivity contribution in [1.29, 1.82) is 0 Å². The largest absolute Gasteiger partial charge is 0.340 e. The highest BCUT2D eigenvalue weighted by Gasteiger charge is 2.19. The third-order valence-electron chi connectivity index (χ3n) is 2.04.